The summed E-state index contributed by atoms with van der Waals surface area (Å²) < 4.78 is 6.07. The fraction of sp³-hybridized carbons (Fsp3) is 0.538. The van der Waals surface area contributed by atoms with Crippen molar-refractivity contribution in [2.24, 2.45) is 0 Å². The molecule has 1 fully saturated rings. The predicted octanol–water partition coefficient (Wildman–Crippen LogP) is 3.36. The maximum Gasteiger partial charge on any atom is 0.408 e. The fourth-order valence-electron chi connectivity index (χ4n) is 1.77. The topological polar surface area (TPSA) is 51.2 Å². The standard InChI is InChI=1S/C13H17BrN2O2/c1-12(2,3)18-11(17)16-13(6-7-13)9-4-5-10(14)15-8-9/h4-5,8H,6-7H2,1-3H3,(H,16,17). The molecule has 0 bridgehead atoms. The largest absolute Gasteiger partial charge is 0.444 e. The number of carbonyl (C=O) groups excluding carboxylic acids is 1. The second-order valence-corrected chi connectivity index (χ2v) is 6.39. The number of rotatable bonds is 2. The average Bonchev–Trinajstić information content (AvgIpc) is 2.96. The lowest BCUT2D eigenvalue weighted by molar-refractivity contribution is 0.0495. The van der Waals surface area contributed by atoms with E-state index < -0.39 is 5.60 Å². The van der Waals surface area contributed by atoms with Crippen LogP contribution in [0, 0.1) is 0 Å². The van der Waals surface area contributed by atoms with E-state index in [2.05, 4.69) is 26.2 Å². The number of aromatic nitrogens is 1. The van der Waals surface area contributed by atoms with Crippen LogP contribution in [0.3, 0.4) is 0 Å². The molecule has 1 heterocycles. The number of ether oxygens (including phenoxy) is 1. The molecule has 4 nitrogen and oxygen atoms in total. The summed E-state index contributed by atoms with van der Waals surface area (Å²) in [5.74, 6) is 0. The molecule has 1 aromatic heterocycles. The molecular weight excluding hydrogens is 296 g/mol. The van der Waals surface area contributed by atoms with Crippen molar-refractivity contribution in [3.63, 3.8) is 0 Å². The molecule has 0 saturated heterocycles. The Bertz CT molecular complexity index is 447. The van der Waals surface area contributed by atoms with E-state index >= 15 is 0 Å². The molecule has 0 spiro atoms. The van der Waals surface area contributed by atoms with Gasteiger partial charge in [0.05, 0.1) is 5.54 Å². The van der Waals surface area contributed by atoms with Crippen molar-refractivity contribution >= 4 is 22.0 Å². The zero-order chi connectivity index (χ0) is 13.4. The van der Waals surface area contributed by atoms with Crippen LogP contribution in [-0.2, 0) is 10.3 Å². The Morgan fingerprint density at radius 3 is 2.56 bits per heavy atom. The normalized spacial score (nSPS) is 17.1. The van der Waals surface area contributed by atoms with Crippen LogP contribution in [-0.4, -0.2) is 16.7 Å². The second kappa shape index (κ2) is 4.53. The number of pyridine rings is 1. The van der Waals surface area contributed by atoms with Crippen molar-refractivity contribution in [3.8, 4) is 0 Å². The molecule has 1 aromatic rings. The van der Waals surface area contributed by atoms with E-state index in [0.717, 1.165) is 23.0 Å². The van der Waals surface area contributed by atoms with Gasteiger partial charge in [0.2, 0.25) is 0 Å². The molecule has 2 rings (SSSR count). The first-order valence-electron chi connectivity index (χ1n) is 5.94. The Morgan fingerprint density at radius 2 is 2.11 bits per heavy atom. The van der Waals surface area contributed by atoms with Crippen molar-refractivity contribution in [3.05, 3.63) is 28.5 Å². The number of carbonyl (C=O) groups is 1. The van der Waals surface area contributed by atoms with Crippen LogP contribution in [0.1, 0.15) is 39.2 Å². The molecule has 98 valence electrons. The summed E-state index contributed by atoms with van der Waals surface area (Å²) in [5, 5.41) is 2.94. The summed E-state index contributed by atoms with van der Waals surface area (Å²) >= 11 is 3.30. The number of hydrogen-bond donors (Lipinski definition) is 1. The minimum absolute atomic E-state index is 0.282. The molecule has 0 aliphatic heterocycles. The van der Waals surface area contributed by atoms with E-state index in [1.165, 1.54) is 0 Å². The third-order valence-electron chi connectivity index (χ3n) is 2.77. The van der Waals surface area contributed by atoms with Gasteiger partial charge in [-0.05, 0) is 61.2 Å². The quantitative estimate of drug-likeness (QED) is 0.852. The first-order valence-corrected chi connectivity index (χ1v) is 6.73. The number of amides is 1. The number of alkyl carbamates (subject to hydrolysis) is 1. The highest BCUT2D eigenvalue weighted by atomic mass is 79.9. The van der Waals surface area contributed by atoms with Crippen LogP contribution < -0.4 is 5.32 Å². The van der Waals surface area contributed by atoms with E-state index in [4.69, 9.17) is 4.74 Å². The highest BCUT2D eigenvalue weighted by Gasteiger charge is 2.46. The molecule has 0 radical (unpaired) electrons. The van der Waals surface area contributed by atoms with Gasteiger partial charge in [0.25, 0.3) is 0 Å². The predicted molar refractivity (Wildman–Crippen MR) is 72.2 cm³/mol. The van der Waals surface area contributed by atoms with Crippen molar-refractivity contribution in [2.75, 3.05) is 0 Å². The Morgan fingerprint density at radius 1 is 1.44 bits per heavy atom. The summed E-state index contributed by atoms with van der Waals surface area (Å²) in [4.78, 5) is 16.0. The highest BCUT2D eigenvalue weighted by Crippen LogP contribution is 2.45. The third kappa shape index (κ3) is 3.22. The number of hydrogen-bond acceptors (Lipinski definition) is 3. The maximum atomic E-state index is 11.8. The molecule has 18 heavy (non-hydrogen) atoms. The Kier molecular flexibility index (Phi) is 3.36. The summed E-state index contributed by atoms with van der Waals surface area (Å²) in [6.45, 7) is 5.56. The molecule has 1 aliphatic rings. The lowest BCUT2D eigenvalue weighted by Crippen LogP contribution is -2.39. The summed E-state index contributed by atoms with van der Waals surface area (Å²) in [6, 6.07) is 3.85. The number of halogens is 1. The lowest BCUT2D eigenvalue weighted by Gasteiger charge is -2.23. The minimum Gasteiger partial charge on any atom is -0.444 e. The summed E-state index contributed by atoms with van der Waals surface area (Å²) in [6.07, 6.45) is 3.27. The lowest BCUT2D eigenvalue weighted by atomic mass is 10.1. The van der Waals surface area contributed by atoms with Crippen molar-refractivity contribution in [1.82, 2.24) is 10.3 Å². The van der Waals surface area contributed by atoms with Crippen molar-refractivity contribution < 1.29 is 9.53 Å². The van der Waals surface area contributed by atoms with E-state index in [1.54, 1.807) is 6.20 Å². The summed E-state index contributed by atoms with van der Waals surface area (Å²) in [5.41, 5.74) is 0.269. The minimum atomic E-state index is -0.474. The summed E-state index contributed by atoms with van der Waals surface area (Å²) in [7, 11) is 0. The fourth-order valence-corrected chi connectivity index (χ4v) is 2.00. The molecule has 5 heteroatoms. The van der Waals surface area contributed by atoms with Crippen LogP contribution in [0.25, 0.3) is 0 Å². The van der Waals surface area contributed by atoms with Gasteiger partial charge in [0.1, 0.15) is 10.2 Å². The van der Waals surface area contributed by atoms with Gasteiger partial charge in [-0.1, -0.05) is 6.07 Å². The maximum absolute atomic E-state index is 11.8. The van der Waals surface area contributed by atoms with E-state index in [9.17, 15) is 4.79 Å². The van der Waals surface area contributed by atoms with Gasteiger partial charge < -0.3 is 10.1 Å². The van der Waals surface area contributed by atoms with Gasteiger partial charge >= 0.3 is 6.09 Å². The first-order chi connectivity index (χ1) is 8.31. The third-order valence-corrected chi connectivity index (χ3v) is 3.24. The van der Waals surface area contributed by atoms with Gasteiger partial charge in [-0.15, -0.1) is 0 Å². The highest BCUT2D eigenvalue weighted by molar-refractivity contribution is 9.10. The van der Waals surface area contributed by atoms with Crippen LogP contribution in [0.5, 0.6) is 0 Å². The molecule has 1 aliphatic carbocycles. The van der Waals surface area contributed by atoms with E-state index in [0.29, 0.717) is 0 Å². The van der Waals surface area contributed by atoms with Crippen LogP contribution in [0.2, 0.25) is 0 Å². The zero-order valence-corrected chi connectivity index (χ0v) is 12.4. The van der Waals surface area contributed by atoms with E-state index in [1.807, 2.05) is 32.9 Å². The van der Waals surface area contributed by atoms with Gasteiger partial charge in [0, 0.05) is 6.20 Å². The molecular formula is C13H17BrN2O2. The molecule has 1 N–H and O–H groups in total. The Hall–Kier alpha value is -1.10. The molecule has 1 saturated carbocycles. The molecule has 0 aromatic carbocycles. The van der Waals surface area contributed by atoms with Gasteiger partial charge in [-0.25, -0.2) is 9.78 Å². The van der Waals surface area contributed by atoms with E-state index in [-0.39, 0.29) is 11.6 Å². The first kappa shape index (κ1) is 13.3. The zero-order valence-electron chi connectivity index (χ0n) is 10.8. The van der Waals surface area contributed by atoms with Gasteiger partial charge in [-0.2, -0.15) is 0 Å². The SMILES string of the molecule is CC(C)(C)OC(=O)NC1(c2ccc(Br)nc2)CC1. The molecule has 0 atom stereocenters. The van der Waals surface area contributed by atoms with Crippen LogP contribution >= 0.6 is 15.9 Å². The van der Waals surface area contributed by atoms with Crippen molar-refractivity contribution in [1.29, 1.82) is 0 Å². The average molecular weight is 313 g/mol. The van der Waals surface area contributed by atoms with Gasteiger partial charge in [0.15, 0.2) is 0 Å². The Balaban J connectivity index is 2.04. The van der Waals surface area contributed by atoms with Gasteiger partial charge in [-0.3, -0.25) is 0 Å². The monoisotopic (exact) mass is 312 g/mol. The molecule has 0 unspecified atom stereocenters. The smallest absolute Gasteiger partial charge is 0.408 e. The number of nitrogens with zero attached hydrogens (tertiary/aromatic N) is 1. The second-order valence-electron chi connectivity index (χ2n) is 5.58. The van der Waals surface area contributed by atoms with Crippen LogP contribution in [0.4, 0.5) is 4.79 Å². The van der Waals surface area contributed by atoms with Crippen molar-refractivity contribution in [2.45, 2.75) is 44.8 Å². The van der Waals surface area contributed by atoms with Crippen LogP contribution in [0.15, 0.2) is 22.9 Å². The number of nitrogens with one attached hydrogen (secondary N) is 1. The Labute approximate surface area is 115 Å². The molecule has 1 amide bonds.